The maximum atomic E-state index is 11.1. The number of carbonyl (C=O) groups excluding carboxylic acids is 1. The molecular weight excluding hydrogens is 206 g/mol. The van der Waals surface area contributed by atoms with Gasteiger partial charge in [0.15, 0.2) is 0 Å². The van der Waals surface area contributed by atoms with E-state index in [4.69, 9.17) is 4.42 Å². The minimum atomic E-state index is -0.437. The van der Waals surface area contributed by atoms with Crippen molar-refractivity contribution in [2.75, 3.05) is 13.7 Å². The van der Waals surface area contributed by atoms with Crippen molar-refractivity contribution in [1.29, 1.82) is 0 Å². The molecule has 0 bridgehead atoms. The maximum absolute atomic E-state index is 11.1. The lowest BCUT2D eigenvalue weighted by atomic mass is 10.1. The fourth-order valence-electron chi connectivity index (χ4n) is 1.29. The molecule has 0 saturated heterocycles. The van der Waals surface area contributed by atoms with E-state index in [2.05, 4.69) is 23.9 Å². The molecule has 0 aliphatic heterocycles. The first-order valence-corrected chi connectivity index (χ1v) is 5.51. The van der Waals surface area contributed by atoms with Crippen LogP contribution in [-0.2, 0) is 11.3 Å². The highest BCUT2D eigenvalue weighted by Crippen LogP contribution is 2.08. The average molecular weight is 225 g/mol. The summed E-state index contributed by atoms with van der Waals surface area (Å²) in [7, 11) is 1.34. The SMILES string of the molecule is COC(=O)c1ccc(CNCCC(C)C)o1. The second-order valence-electron chi connectivity index (χ2n) is 4.12. The quantitative estimate of drug-likeness (QED) is 0.595. The molecule has 1 aromatic rings. The Morgan fingerprint density at radius 2 is 2.25 bits per heavy atom. The Kier molecular flexibility index (Phi) is 5.05. The molecule has 4 nitrogen and oxygen atoms in total. The van der Waals surface area contributed by atoms with Gasteiger partial charge in [-0.3, -0.25) is 0 Å². The van der Waals surface area contributed by atoms with Crippen LogP contribution in [0.25, 0.3) is 0 Å². The average Bonchev–Trinajstić information content (AvgIpc) is 2.71. The fraction of sp³-hybridized carbons (Fsp3) is 0.583. The van der Waals surface area contributed by atoms with Crippen LogP contribution in [0, 0.1) is 5.92 Å². The third-order valence-corrected chi connectivity index (χ3v) is 2.25. The van der Waals surface area contributed by atoms with Crippen LogP contribution in [0.3, 0.4) is 0 Å². The third-order valence-electron chi connectivity index (χ3n) is 2.25. The predicted octanol–water partition coefficient (Wildman–Crippen LogP) is 2.20. The predicted molar refractivity (Wildman–Crippen MR) is 61.2 cm³/mol. The van der Waals surface area contributed by atoms with E-state index in [-0.39, 0.29) is 5.76 Å². The summed E-state index contributed by atoms with van der Waals surface area (Å²) in [6, 6.07) is 3.42. The smallest absolute Gasteiger partial charge is 0.373 e. The highest BCUT2D eigenvalue weighted by atomic mass is 16.5. The first-order valence-electron chi connectivity index (χ1n) is 5.51. The topological polar surface area (TPSA) is 51.5 Å². The Bertz CT molecular complexity index is 331. The summed E-state index contributed by atoms with van der Waals surface area (Å²) in [6.45, 7) is 5.96. The normalized spacial score (nSPS) is 10.8. The van der Waals surface area contributed by atoms with E-state index in [0.717, 1.165) is 18.7 Å². The molecule has 16 heavy (non-hydrogen) atoms. The van der Waals surface area contributed by atoms with Gasteiger partial charge in [0.05, 0.1) is 13.7 Å². The van der Waals surface area contributed by atoms with Crippen molar-refractivity contribution in [3.63, 3.8) is 0 Å². The molecule has 0 radical (unpaired) electrons. The summed E-state index contributed by atoms with van der Waals surface area (Å²) in [4.78, 5) is 11.1. The van der Waals surface area contributed by atoms with Crippen LogP contribution in [0.4, 0.5) is 0 Å². The lowest BCUT2D eigenvalue weighted by molar-refractivity contribution is 0.0563. The Morgan fingerprint density at radius 3 is 2.88 bits per heavy atom. The van der Waals surface area contributed by atoms with Crippen molar-refractivity contribution < 1.29 is 13.9 Å². The van der Waals surface area contributed by atoms with Crippen LogP contribution in [-0.4, -0.2) is 19.6 Å². The van der Waals surface area contributed by atoms with Gasteiger partial charge < -0.3 is 14.5 Å². The standard InChI is InChI=1S/C12H19NO3/c1-9(2)6-7-13-8-10-4-5-11(16-10)12(14)15-3/h4-5,9,13H,6-8H2,1-3H3. The summed E-state index contributed by atoms with van der Waals surface area (Å²) >= 11 is 0. The van der Waals surface area contributed by atoms with Gasteiger partial charge in [-0.2, -0.15) is 0 Å². The van der Waals surface area contributed by atoms with Crippen LogP contribution in [0.5, 0.6) is 0 Å². The van der Waals surface area contributed by atoms with E-state index in [1.165, 1.54) is 7.11 Å². The second kappa shape index (κ2) is 6.33. The summed E-state index contributed by atoms with van der Waals surface area (Å²) in [5, 5.41) is 3.26. The molecule has 1 N–H and O–H groups in total. The number of furan rings is 1. The van der Waals surface area contributed by atoms with Gasteiger partial charge in [-0.25, -0.2) is 4.79 Å². The number of hydrogen-bond acceptors (Lipinski definition) is 4. The number of hydrogen-bond donors (Lipinski definition) is 1. The van der Waals surface area contributed by atoms with E-state index in [0.29, 0.717) is 12.5 Å². The molecule has 0 aromatic carbocycles. The minimum absolute atomic E-state index is 0.253. The zero-order chi connectivity index (χ0) is 12.0. The van der Waals surface area contributed by atoms with Gasteiger partial charge in [0, 0.05) is 0 Å². The molecule has 0 unspecified atom stereocenters. The van der Waals surface area contributed by atoms with E-state index in [1.807, 2.05) is 0 Å². The van der Waals surface area contributed by atoms with Crippen molar-refractivity contribution in [3.8, 4) is 0 Å². The molecule has 0 amide bonds. The Hall–Kier alpha value is -1.29. The van der Waals surface area contributed by atoms with Gasteiger partial charge in [-0.15, -0.1) is 0 Å². The highest BCUT2D eigenvalue weighted by Gasteiger charge is 2.10. The molecular formula is C12H19NO3. The largest absolute Gasteiger partial charge is 0.463 e. The van der Waals surface area contributed by atoms with E-state index in [9.17, 15) is 4.79 Å². The van der Waals surface area contributed by atoms with Crippen LogP contribution >= 0.6 is 0 Å². The Labute approximate surface area is 96.0 Å². The highest BCUT2D eigenvalue weighted by molar-refractivity contribution is 5.86. The van der Waals surface area contributed by atoms with Crippen LogP contribution in [0.2, 0.25) is 0 Å². The number of ether oxygens (including phenoxy) is 1. The van der Waals surface area contributed by atoms with Crippen LogP contribution < -0.4 is 5.32 Å². The monoisotopic (exact) mass is 225 g/mol. The maximum Gasteiger partial charge on any atom is 0.373 e. The first-order chi connectivity index (χ1) is 7.63. The number of rotatable bonds is 6. The van der Waals surface area contributed by atoms with E-state index in [1.54, 1.807) is 12.1 Å². The van der Waals surface area contributed by atoms with Crippen molar-refractivity contribution >= 4 is 5.97 Å². The van der Waals surface area contributed by atoms with Gasteiger partial charge in [0.2, 0.25) is 5.76 Å². The zero-order valence-corrected chi connectivity index (χ0v) is 10.1. The molecule has 90 valence electrons. The molecule has 1 rings (SSSR count). The summed E-state index contributed by atoms with van der Waals surface area (Å²) in [5.74, 6) is 1.26. The van der Waals surface area contributed by atoms with E-state index >= 15 is 0 Å². The van der Waals surface area contributed by atoms with Crippen molar-refractivity contribution in [1.82, 2.24) is 5.32 Å². The molecule has 1 heterocycles. The van der Waals surface area contributed by atoms with Crippen molar-refractivity contribution in [3.05, 3.63) is 23.7 Å². The minimum Gasteiger partial charge on any atom is -0.463 e. The molecule has 4 heteroatoms. The fourth-order valence-corrected chi connectivity index (χ4v) is 1.29. The lowest BCUT2D eigenvalue weighted by Crippen LogP contribution is -2.15. The van der Waals surface area contributed by atoms with Gasteiger partial charge in [0.25, 0.3) is 0 Å². The number of carbonyl (C=O) groups is 1. The van der Waals surface area contributed by atoms with E-state index < -0.39 is 5.97 Å². The number of nitrogens with one attached hydrogen (secondary N) is 1. The van der Waals surface area contributed by atoms with Crippen molar-refractivity contribution in [2.24, 2.45) is 5.92 Å². The zero-order valence-electron chi connectivity index (χ0n) is 10.1. The molecule has 0 spiro atoms. The third kappa shape index (κ3) is 4.06. The van der Waals surface area contributed by atoms with Gasteiger partial charge >= 0.3 is 5.97 Å². The van der Waals surface area contributed by atoms with Gasteiger partial charge in [-0.1, -0.05) is 13.8 Å². The second-order valence-corrected chi connectivity index (χ2v) is 4.12. The first kappa shape index (κ1) is 12.8. The summed E-state index contributed by atoms with van der Waals surface area (Å²) < 4.78 is 9.86. The molecule has 0 aliphatic rings. The Morgan fingerprint density at radius 1 is 1.50 bits per heavy atom. The van der Waals surface area contributed by atoms with Crippen LogP contribution in [0.15, 0.2) is 16.5 Å². The molecule has 0 atom stereocenters. The Balaban J connectivity index is 2.32. The summed E-state index contributed by atoms with van der Waals surface area (Å²) in [5.41, 5.74) is 0. The lowest BCUT2D eigenvalue weighted by Gasteiger charge is -2.04. The molecule has 1 aromatic heterocycles. The van der Waals surface area contributed by atoms with Gasteiger partial charge in [-0.05, 0) is 31.0 Å². The molecule has 0 aliphatic carbocycles. The summed E-state index contributed by atoms with van der Waals surface area (Å²) in [6.07, 6.45) is 1.13. The molecule has 0 saturated carbocycles. The number of esters is 1. The van der Waals surface area contributed by atoms with Gasteiger partial charge in [0.1, 0.15) is 5.76 Å². The number of methoxy groups -OCH3 is 1. The van der Waals surface area contributed by atoms with Crippen LogP contribution in [0.1, 0.15) is 36.6 Å². The van der Waals surface area contributed by atoms with Crippen molar-refractivity contribution in [2.45, 2.75) is 26.8 Å². The molecule has 0 fully saturated rings.